The van der Waals surface area contributed by atoms with Gasteiger partial charge in [0.15, 0.2) is 0 Å². The standard InChI is InChI=1S/C18H29NO/c1-17(2,20-4)14-11-16(19-3)18(12-8-13-18)15-9-6-5-7-10-15/h5-7,9-10,16,19H,8,11-14H2,1-4H3. The SMILES string of the molecule is CNC(CCC(C)(C)OC)C1(c2ccccc2)CCC1. The summed E-state index contributed by atoms with van der Waals surface area (Å²) in [5.74, 6) is 0. The summed E-state index contributed by atoms with van der Waals surface area (Å²) in [7, 11) is 3.91. The van der Waals surface area contributed by atoms with Crippen molar-refractivity contribution in [3.8, 4) is 0 Å². The molecule has 1 aromatic carbocycles. The summed E-state index contributed by atoms with van der Waals surface area (Å²) in [5, 5.41) is 3.58. The normalized spacial score (nSPS) is 19.4. The molecule has 1 fully saturated rings. The van der Waals surface area contributed by atoms with E-state index in [9.17, 15) is 0 Å². The molecule has 0 aromatic heterocycles. The first-order valence-corrected chi connectivity index (χ1v) is 7.82. The molecule has 0 spiro atoms. The van der Waals surface area contributed by atoms with Gasteiger partial charge in [0.1, 0.15) is 0 Å². The van der Waals surface area contributed by atoms with Gasteiger partial charge < -0.3 is 10.1 Å². The van der Waals surface area contributed by atoms with E-state index in [4.69, 9.17) is 4.74 Å². The van der Waals surface area contributed by atoms with Crippen LogP contribution in [0.1, 0.15) is 51.5 Å². The second-order valence-electron chi connectivity index (χ2n) is 6.72. The van der Waals surface area contributed by atoms with E-state index in [0.717, 1.165) is 12.8 Å². The van der Waals surface area contributed by atoms with Gasteiger partial charge in [0.2, 0.25) is 0 Å². The Bertz CT molecular complexity index is 409. The highest BCUT2D eigenvalue weighted by Gasteiger charge is 2.44. The molecule has 0 saturated heterocycles. The van der Waals surface area contributed by atoms with Crippen LogP contribution in [0.3, 0.4) is 0 Å². The lowest BCUT2D eigenvalue weighted by molar-refractivity contribution is 0.00718. The van der Waals surface area contributed by atoms with Crippen molar-refractivity contribution in [2.24, 2.45) is 0 Å². The quantitative estimate of drug-likeness (QED) is 0.815. The van der Waals surface area contributed by atoms with E-state index in [2.05, 4.69) is 56.5 Å². The first-order valence-electron chi connectivity index (χ1n) is 7.82. The van der Waals surface area contributed by atoms with Crippen molar-refractivity contribution in [2.45, 2.75) is 63.0 Å². The molecule has 112 valence electrons. The summed E-state index contributed by atoms with van der Waals surface area (Å²) in [4.78, 5) is 0. The van der Waals surface area contributed by atoms with Crippen LogP contribution in [-0.2, 0) is 10.2 Å². The Labute approximate surface area is 123 Å². The number of benzene rings is 1. The Balaban J connectivity index is 2.12. The Kier molecular flexibility index (Phi) is 4.87. The zero-order valence-corrected chi connectivity index (χ0v) is 13.4. The van der Waals surface area contributed by atoms with Gasteiger partial charge in [-0.3, -0.25) is 0 Å². The maximum Gasteiger partial charge on any atom is 0.0623 e. The predicted octanol–water partition coefficient (Wildman–Crippen LogP) is 3.90. The van der Waals surface area contributed by atoms with Crippen LogP contribution in [0.25, 0.3) is 0 Å². The second-order valence-corrected chi connectivity index (χ2v) is 6.72. The fraction of sp³-hybridized carbons (Fsp3) is 0.667. The molecule has 1 aliphatic carbocycles. The maximum absolute atomic E-state index is 5.57. The van der Waals surface area contributed by atoms with E-state index in [0.29, 0.717) is 11.5 Å². The van der Waals surface area contributed by atoms with Crippen LogP contribution in [0.5, 0.6) is 0 Å². The van der Waals surface area contributed by atoms with Crippen LogP contribution >= 0.6 is 0 Å². The Morgan fingerprint density at radius 1 is 1.25 bits per heavy atom. The van der Waals surface area contributed by atoms with Gasteiger partial charge >= 0.3 is 0 Å². The lowest BCUT2D eigenvalue weighted by atomic mass is 9.59. The first-order chi connectivity index (χ1) is 9.54. The van der Waals surface area contributed by atoms with Crippen LogP contribution < -0.4 is 5.32 Å². The molecular formula is C18H29NO. The van der Waals surface area contributed by atoms with Crippen molar-refractivity contribution < 1.29 is 4.74 Å². The van der Waals surface area contributed by atoms with Gasteiger partial charge in [0.25, 0.3) is 0 Å². The highest BCUT2D eigenvalue weighted by atomic mass is 16.5. The summed E-state index contributed by atoms with van der Waals surface area (Å²) in [6.45, 7) is 4.35. The number of nitrogens with one attached hydrogen (secondary N) is 1. The molecule has 0 heterocycles. The van der Waals surface area contributed by atoms with Gasteiger partial charge in [-0.15, -0.1) is 0 Å². The lowest BCUT2D eigenvalue weighted by Crippen LogP contribution is -2.52. The highest BCUT2D eigenvalue weighted by Crippen LogP contribution is 2.47. The molecule has 0 radical (unpaired) electrons. The molecular weight excluding hydrogens is 246 g/mol. The van der Waals surface area contributed by atoms with Crippen LogP contribution in [0, 0.1) is 0 Å². The van der Waals surface area contributed by atoms with E-state index < -0.39 is 0 Å². The molecule has 0 aliphatic heterocycles. The summed E-state index contributed by atoms with van der Waals surface area (Å²) in [6.07, 6.45) is 6.20. The average molecular weight is 275 g/mol. The zero-order chi connectivity index (χ0) is 14.6. The van der Waals surface area contributed by atoms with Gasteiger partial charge in [-0.1, -0.05) is 36.8 Å². The number of likely N-dealkylation sites (N-methyl/N-ethyl adjacent to an activating group) is 1. The zero-order valence-electron chi connectivity index (χ0n) is 13.4. The lowest BCUT2D eigenvalue weighted by Gasteiger charge is -2.49. The Morgan fingerprint density at radius 3 is 2.35 bits per heavy atom. The molecule has 1 aliphatic rings. The molecule has 0 amide bonds. The highest BCUT2D eigenvalue weighted by molar-refractivity contribution is 5.30. The molecule has 2 heteroatoms. The summed E-state index contributed by atoms with van der Waals surface area (Å²) >= 11 is 0. The molecule has 0 bridgehead atoms. The molecule has 1 atom stereocenters. The van der Waals surface area contributed by atoms with E-state index in [1.165, 1.54) is 24.8 Å². The maximum atomic E-state index is 5.57. The third-order valence-electron chi connectivity index (χ3n) is 5.20. The minimum Gasteiger partial charge on any atom is -0.379 e. The fourth-order valence-electron chi connectivity index (χ4n) is 3.46. The number of ether oxygens (including phenoxy) is 1. The van der Waals surface area contributed by atoms with E-state index in [-0.39, 0.29) is 5.60 Å². The smallest absolute Gasteiger partial charge is 0.0623 e. The summed E-state index contributed by atoms with van der Waals surface area (Å²) < 4.78 is 5.57. The van der Waals surface area contributed by atoms with Crippen LogP contribution in [0.15, 0.2) is 30.3 Å². The van der Waals surface area contributed by atoms with Gasteiger partial charge in [0, 0.05) is 18.6 Å². The minimum atomic E-state index is -0.0310. The minimum absolute atomic E-state index is 0.0310. The Hall–Kier alpha value is -0.860. The van der Waals surface area contributed by atoms with Crippen molar-refractivity contribution in [2.75, 3.05) is 14.2 Å². The largest absolute Gasteiger partial charge is 0.379 e. The number of rotatable bonds is 7. The molecule has 1 saturated carbocycles. The monoisotopic (exact) mass is 275 g/mol. The van der Waals surface area contributed by atoms with Crippen molar-refractivity contribution in [3.05, 3.63) is 35.9 Å². The van der Waals surface area contributed by atoms with Crippen molar-refractivity contribution in [3.63, 3.8) is 0 Å². The van der Waals surface area contributed by atoms with Crippen molar-refractivity contribution >= 4 is 0 Å². The Morgan fingerprint density at radius 2 is 1.90 bits per heavy atom. The second kappa shape index (κ2) is 6.28. The summed E-state index contributed by atoms with van der Waals surface area (Å²) in [5.41, 5.74) is 1.80. The first kappa shape index (κ1) is 15.5. The molecule has 1 aromatic rings. The van der Waals surface area contributed by atoms with Gasteiger partial charge in [-0.05, 0) is 52.1 Å². The van der Waals surface area contributed by atoms with Crippen molar-refractivity contribution in [1.82, 2.24) is 5.32 Å². The molecule has 20 heavy (non-hydrogen) atoms. The van der Waals surface area contributed by atoms with Crippen LogP contribution in [0.2, 0.25) is 0 Å². The average Bonchev–Trinajstić information content (AvgIpc) is 2.42. The fourth-order valence-corrected chi connectivity index (χ4v) is 3.46. The van der Waals surface area contributed by atoms with Crippen LogP contribution in [-0.4, -0.2) is 25.8 Å². The third-order valence-corrected chi connectivity index (χ3v) is 5.20. The van der Waals surface area contributed by atoms with E-state index in [1.54, 1.807) is 0 Å². The molecule has 2 rings (SSSR count). The predicted molar refractivity (Wildman–Crippen MR) is 85.1 cm³/mol. The topological polar surface area (TPSA) is 21.3 Å². The summed E-state index contributed by atoms with van der Waals surface area (Å²) in [6, 6.07) is 11.6. The van der Waals surface area contributed by atoms with Gasteiger partial charge in [-0.25, -0.2) is 0 Å². The number of hydrogen-bond donors (Lipinski definition) is 1. The van der Waals surface area contributed by atoms with Crippen LogP contribution in [0.4, 0.5) is 0 Å². The molecule has 1 unspecified atom stereocenters. The van der Waals surface area contributed by atoms with Crippen molar-refractivity contribution in [1.29, 1.82) is 0 Å². The third kappa shape index (κ3) is 3.07. The number of hydrogen-bond acceptors (Lipinski definition) is 2. The van der Waals surface area contributed by atoms with E-state index in [1.807, 2.05) is 7.11 Å². The molecule has 1 N–H and O–H groups in total. The van der Waals surface area contributed by atoms with E-state index >= 15 is 0 Å². The van der Waals surface area contributed by atoms with Gasteiger partial charge in [0.05, 0.1) is 5.60 Å². The van der Waals surface area contributed by atoms with Gasteiger partial charge in [-0.2, -0.15) is 0 Å². The molecule has 2 nitrogen and oxygen atoms in total. The number of methoxy groups -OCH3 is 1.